The molecule has 2 aliphatic heterocycles. The van der Waals surface area contributed by atoms with Gasteiger partial charge in [0.15, 0.2) is 11.6 Å². The average Bonchev–Trinajstić information content (AvgIpc) is 3.58. The molecule has 4 aromatic heterocycles. The van der Waals surface area contributed by atoms with E-state index in [-0.39, 0.29) is 17.0 Å². The Labute approximate surface area is 251 Å². The molecule has 44 heavy (non-hydrogen) atoms. The van der Waals surface area contributed by atoms with Gasteiger partial charge in [-0.1, -0.05) is 18.2 Å². The summed E-state index contributed by atoms with van der Waals surface area (Å²) in [6.07, 6.45) is 5.97. The van der Waals surface area contributed by atoms with Crippen molar-refractivity contribution in [1.29, 1.82) is 0 Å². The van der Waals surface area contributed by atoms with E-state index in [9.17, 15) is 19.5 Å². The number of fused-ring (bicyclic) bond motifs is 2. The van der Waals surface area contributed by atoms with Gasteiger partial charge >= 0.3 is 6.09 Å². The lowest BCUT2D eigenvalue weighted by atomic mass is 9.93. The number of pyridine rings is 1. The lowest BCUT2D eigenvalue weighted by Gasteiger charge is -2.29. The van der Waals surface area contributed by atoms with E-state index in [1.54, 1.807) is 35.0 Å². The number of anilines is 2. The van der Waals surface area contributed by atoms with Gasteiger partial charge in [0, 0.05) is 48.7 Å². The van der Waals surface area contributed by atoms with Crippen LogP contribution in [0.1, 0.15) is 53.3 Å². The molecule has 7 rings (SSSR count). The summed E-state index contributed by atoms with van der Waals surface area (Å²) in [5.74, 6) is 0.483. The molecule has 6 heterocycles. The van der Waals surface area contributed by atoms with Gasteiger partial charge in [-0.15, -0.1) is 0 Å². The van der Waals surface area contributed by atoms with Gasteiger partial charge in [-0.2, -0.15) is 9.78 Å². The quantitative estimate of drug-likeness (QED) is 0.277. The lowest BCUT2D eigenvalue weighted by Crippen LogP contribution is -2.37. The van der Waals surface area contributed by atoms with E-state index >= 15 is 0 Å². The first kappa shape index (κ1) is 27.4. The van der Waals surface area contributed by atoms with Crippen LogP contribution in [0.5, 0.6) is 0 Å². The Kier molecular flexibility index (Phi) is 6.84. The van der Waals surface area contributed by atoms with Gasteiger partial charge < -0.3 is 21.1 Å². The standard InChI is InChI=1S/C31H31N9O4/c32-28-27-22(17-24(39(27)35-18-34-28)20-11-15-37(16-12-20)31(43)44)19-7-9-21(10-8-19)36-29(41)26-23-5-2-4-14-38(23)40(30(26)42)25-6-1-3-13-33-25/h1,3,6-10,13,17-18,20H,2,4-5,11-12,14-16H2,(H,36,41)(H,43,44)(H2,32,34,35). The fourth-order valence-corrected chi connectivity index (χ4v) is 6.46. The summed E-state index contributed by atoms with van der Waals surface area (Å²) in [5.41, 5.74) is 10.7. The van der Waals surface area contributed by atoms with Crippen LogP contribution in [0.25, 0.3) is 22.5 Å². The third-order valence-electron chi connectivity index (χ3n) is 8.62. The van der Waals surface area contributed by atoms with E-state index in [1.165, 1.54) is 15.9 Å². The minimum Gasteiger partial charge on any atom is -0.465 e. The Morgan fingerprint density at radius 3 is 2.52 bits per heavy atom. The van der Waals surface area contributed by atoms with Crippen LogP contribution in [0.3, 0.4) is 0 Å². The predicted octanol–water partition coefficient (Wildman–Crippen LogP) is 3.77. The van der Waals surface area contributed by atoms with Gasteiger partial charge in [0.1, 0.15) is 17.4 Å². The molecule has 0 bridgehead atoms. The van der Waals surface area contributed by atoms with E-state index in [4.69, 9.17) is 5.73 Å². The van der Waals surface area contributed by atoms with Crippen LogP contribution in [0.15, 0.2) is 65.8 Å². The molecule has 0 saturated carbocycles. The molecule has 1 fully saturated rings. The first-order valence-corrected chi connectivity index (χ1v) is 14.7. The predicted molar refractivity (Wildman–Crippen MR) is 163 cm³/mol. The molecule has 2 amide bonds. The van der Waals surface area contributed by atoms with E-state index < -0.39 is 12.0 Å². The summed E-state index contributed by atoms with van der Waals surface area (Å²) in [4.78, 5) is 48.5. The van der Waals surface area contributed by atoms with Crippen LogP contribution in [-0.4, -0.2) is 64.0 Å². The number of benzene rings is 1. The Bertz CT molecular complexity index is 1930. The van der Waals surface area contributed by atoms with Crippen molar-refractivity contribution in [3.63, 3.8) is 0 Å². The number of rotatable bonds is 5. The van der Waals surface area contributed by atoms with Crippen LogP contribution < -0.4 is 16.6 Å². The highest BCUT2D eigenvalue weighted by Crippen LogP contribution is 2.37. The van der Waals surface area contributed by atoms with Crippen molar-refractivity contribution < 1.29 is 14.7 Å². The number of nitrogens with zero attached hydrogens (tertiary/aromatic N) is 7. The SMILES string of the molecule is Nc1ncnn2c(C3CCN(C(=O)O)CC3)cc(-c3ccc(NC(=O)c4c5n(n(-c6ccccn6)c4=O)CCCC5)cc3)c12. The summed E-state index contributed by atoms with van der Waals surface area (Å²) in [6.45, 7) is 1.55. The Morgan fingerprint density at radius 1 is 1.00 bits per heavy atom. The number of nitrogens with two attached hydrogens (primary N) is 1. The van der Waals surface area contributed by atoms with Gasteiger partial charge in [0.25, 0.3) is 11.5 Å². The molecule has 0 unspecified atom stereocenters. The average molecular weight is 594 g/mol. The van der Waals surface area contributed by atoms with E-state index in [0.29, 0.717) is 61.7 Å². The van der Waals surface area contributed by atoms with Crippen LogP contribution in [0.2, 0.25) is 0 Å². The smallest absolute Gasteiger partial charge is 0.407 e. The number of hydrogen-bond donors (Lipinski definition) is 3. The third kappa shape index (κ3) is 4.66. The van der Waals surface area contributed by atoms with Crippen molar-refractivity contribution in [2.75, 3.05) is 24.1 Å². The molecule has 0 aliphatic carbocycles. The summed E-state index contributed by atoms with van der Waals surface area (Å²) in [6, 6.07) is 14.8. The third-order valence-corrected chi connectivity index (χ3v) is 8.62. The van der Waals surface area contributed by atoms with Crippen molar-refractivity contribution in [2.45, 2.75) is 44.6 Å². The summed E-state index contributed by atoms with van der Waals surface area (Å²) in [5, 5.41) is 16.7. The van der Waals surface area contributed by atoms with E-state index in [0.717, 1.165) is 35.4 Å². The molecule has 224 valence electrons. The highest BCUT2D eigenvalue weighted by molar-refractivity contribution is 6.05. The number of aromatic nitrogens is 6. The van der Waals surface area contributed by atoms with E-state index in [1.807, 2.05) is 28.9 Å². The molecule has 5 aromatic rings. The maximum absolute atomic E-state index is 13.6. The fourth-order valence-electron chi connectivity index (χ4n) is 6.46. The summed E-state index contributed by atoms with van der Waals surface area (Å²) < 4.78 is 5.18. The number of carbonyl (C=O) groups excluding carboxylic acids is 1. The molecule has 0 atom stereocenters. The molecule has 13 nitrogen and oxygen atoms in total. The van der Waals surface area contributed by atoms with Crippen LogP contribution in [0, 0.1) is 0 Å². The highest BCUT2D eigenvalue weighted by atomic mass is 16.4. The molecule has 0 spiro atoms. The second kappa shape index (κ2) is 11.0. The Hall–Kier alpha value is -5.46. The maximum atomic E-state index is 13.6. The van der Waals surface area contributed by atoms with Crippen LogP contribution >= 0.6 is 0 Å². The van der Waals surface area contributed by atoms with Crippen molar-refractivity contribution in [2.24, 2.45) is 0 Å². The number of piperidine rings is 1. The molecular weight excluding hydrogens is 562 g/mol. The topological polar surface area (TPSA) is 166 Å². The van der Waals surface area contributed by atoms with Crippen molar-refractivity contribution >= 4 is 29.0 Å². The summed E-state index contributed by atoms with van der Waals surface area (Å²) >= 11 is 0. The number of carboxylic acid groups (broad SMARTS) is 1. The van der Waals surface area contributed by atoms with Crippen molar-refractivity contribution in [3.05, 3.63) is 88.4 Å². The second-order valence-electron chi connectivity index (χ2n) is 11.2. The van der Waals surface area contributed by atoms with E-state index in [2.05, 4.69) is 20.4 Å². The number of likely N-dealkylation sites (tertiary alicyclic amines) is 1. The van der Waals surface area contributed by atoms with Crippen molar-refractivity contribution in [3.8, 4) is 16.9 Å². The normalized spacial score (nSPS) is 15.3. The Morgan fingerprint density at radius 2 is 1.80 bits per heavy atom. The number of carbonyl (C=O) groups is 2. The largest absolute Gasteiger partial charge is 0.465 e. The molecular formula is C31H31N9O4. The maximum Gasteiger partial charge on any atom is 0.407 e. The Balaban J connectivity index is 1.18. The lowest BCUT2D eigenvalue weighted by molar-refractivity contribution is 0.102. The molecule has 0 radical (unpaired) electrons. The second-order valence-corrected chi connectivity index (χ2v) is 11.2. The molecule has 13 heteroatoms. The number of hydrogen-bond acceptors (Lipinski definition) is 7. The monoisotopic (exact) mass is 593 g/mol. The minimum absolute atomic E-state index is 0.114. The van der Waals surface area contributed by atoms with Gasteiger partial charge in [-0.25, -0.2) is 19.3 Å². The van der Waals surface area contributed by atoms with Gasteiger partial charge in [0.05, 0.1) is 5.69 Å². The zero-order valence-electron chi connectivity index (χ0n) is 23.9. The van der Waals surface area contributed by atoms with Gasteiger partial charge in [0.2, 0.25) is 0 Å². The zero-order valence-corrected chi connectivity index (χ0v) is 23.9. The first-order valence-electron chi connectivity index (χ1n) is 14.7. The highest BCUT2D eigenvalue weighted by Gasteiger charge is 2.29. The molecule has 2 aliphatic rings. The number of nitrogens with one attached hydrogen (secondary N) is 1. The molecule has 4 N–H and O–H groups in total. The zero-order chi connectivity index (χ0) is 30.4. The molecule has 1 saturated heterocycles. The van der Waals surface area contributed by atoms with Crippen LogP contribution in [-0.2, 0) is 13.0 Å². The number of nitrogen functional groups attached to an aromatic ring is 1. The molecule has 1 aromatic carbocycles. The number of amides is 2. The minimum atomic E-state index is -0.904. The van der Waals surface area contributed by atoms with Gasteiger partial charge in [-0.3, -0.25) is 14.3 Å². The summed E-state index contributed by atoms with van der Waals surface area (Å²) in [7, 11) is 0. The first-order chi connectivity index (χ1) is 21.4. The van der Waals surface area contributed by atoms with Crippen LogP contribution in [0.4, 0.5) is 16.3 Å². The van der Waals surface area contributed by atoms with Gasteiger partial charge in [-0.05, 0) is 68.0 Å². The van der Waals surface area contributed by atoms with Crippen molar-refractivity contribution in [1.82, 2.24) is 33.8 Å². The fraction of sp³-hybridized carbons (Fsp3) is 0.290.